The lowest BCUT2D eigenvalue weighted by Gasteiger charge is -2.32. The number of thioether (sulfide) groups is 1. The number of ether oxygens (including phenoxy) is 1. The number of nitrogens with one attached hydrogen (secondary N) is 1. The summed E-state index contributed by atoms with van der Waals surface area (Å²) < 4.78 is 5.70. The molecule has 2 atom stereocenters. The molecule has 1 heterocycles. The van der Waals surface area contributed by atoms with Crippen LogP contribution in [0.1, 0.15) is 33.1 Å². The van der Waals surface area contributed by atoms with Crippen LogP contribution in [-0.4, -0.2) is 48.0 Å². The first-order chi connectivity index (χ1) is 7.72. The van der Waals surface area contributed by atoms with Crippen molar-refractivity contribution in [2.45, 2.75) is 51.4 Å². The van der Waals surface area contributed by atoms with Crippen LogP contribution in [0.5, 0.6) is 0 Å². The van der Waals surface area contributed by atoms with Crippen LogP contribution in [-0.2, 0) is 4.74 Å². The molecule has 1 rings (SSSR count). The van der Waals surface area contributed by atoms with Crippen molar-refractivity contribution in [3.63, 3.8) is 0 Å². The Morgan fingerprint density at radius 1 is 1.25 bits per heavy atom. The average Bonchev–Trinajstić information content (AvgIpc) is 2.22. The molecule has 0 aromatic carbocycles. The van der Waals surface area contributed by atoms with E-state index in [2.05, 4.69) is 19.2 Å². The summed E-state index contributed by atoms with van der Waals surface area (Å²) in [6.07, 6.45) is 3.96. The molecule has 0 spiro atoms. The summed E-state index contributed by atoms with van der Waals surface area (Å²) >= 11 is 1.91. The molecular weight excluding hydrogens is 222 g/mol. The minimum atomic E-state index is 0.315. The van der Waals surface area contributed by atoms with Crippen molar-refractivity contribution in [2.24, 2.45) is 0 Å². The van der Waals surface area contributed by atoms with E-state index >= 15 is 0 Å². The number of aliphatic hydroxyl groups is 1. The summed E-state index contributed by atoms with van der Waals surface area (Å²) in [6, 6.07) is 0.622. The monoisotopic (exact) mass is 247 g/mol. The molecule has 0 aromatic heterocycles. The van der Waals surface area contributed by atoms with Gasteiger partial charge in [-0.3, -0.25) is 0 Å². The van der Waals surface area contributed by atoms with Gasteiger partial charge in [-0.1, -0.05) is 0 Å². The second-order valence-electron chi connectivity index (χ2n) is 4.57. The van der Waals surface area contributed by atoms with Crippen molar-refractivity contribution < 1.29 is 9.84 Å². The van der Waals surface area contributed by atoms with Gasteiger partial charge in [-0.05, 0) is 38.9 Å². The van der Waals surface area contributed by atoms with Gasteiger partial charge in [-0.25, -0.2) is 0 Å². The maximum atomic E-state index is 8.64. The predicted octanol–water partition coefficient (Wildman–Crippen LogP) is 1.65. The minimum absolute atomic E-state index is 0.315. The lowest BCUT2D eigenvalue weighted by atomic mass is 10.00. The summed E-state index contributed by atoms with van der Waals surface area (Å²) in [4.78, 5) is 0. The molecule has 1 saturated heterocycles. The molecule has 1 fully saturated rings. The van der Waals surface area contributed by atoms with E-state index in [-0.39, 0.29) is 0 Å². The van der Waals surface area contributed by atoms with E-state index < -0.39 is 0 Å². The highest BCUT2D eigenvalue weighted by Gasteiger charge is 2.23. The van der Waals surface area contributed by atoms with Crippen LogP contribution in [0.3, 0.4) is 0 Å². The quantitative estimate of drug-likeness (QED) is 0.671. The third-order valence-electron chi connectivity index (χ3n) is 2.82. The molecule has 4 heteroatoms. The van der Waals surface area contributed by atoms with E-state index in [1.54, 1.807) is 0 Å². The Hall–Kier alpha value is 0.230. The maximum absolute atomic E-state index is 8.64. The molecule has 0 radical (unpaired) electrons. The van der Waals surface area contributed by atoms with Crippen molar-refractivity contribution in [3.05, 3.63) is 0 Å². The van der Waals surface area contributed by atoms with Crippen LogP contribution in [0, 0.1) is 0 Å². The van der Waals surface area contributed by atoms with Gasteiger partial charge in [0.05, 0.1) is 12.2 Å². The normalized spacial score (nSPS) is 30.6. The third kappa shape index (κ3) is 6.09. The molecule has 96 valence electrons. The zero-order valence-electron chi connectivity index (χ0n) is 10.4. The Labute approximate surface area is 103 Å². The molecule has 1 aliphatic heterocycles. The van der Waals surface area contributed by atoms with Gasteiger partial charge in [0.25, 0.3) is 0 Å². The second kappa shape index (κ2) is 8.34. The number of hydrogen-bond acceptors (Lipinski definition) is 4. The Bertz CT molecular complexity index is 170. The van der Waals surface area contributed by atoms with Gasteiger partial charge in [0.2, 0.25) is 0 Å². The van der Waals surface area contributed by atoms with Crippen molar-refractivity contribution in [2.75, 3.05) is 24.7 Å². The van der Waals surface area contributed by atoms with Gasteiger partial charge in [0.1, 0.15) is 0 Å². The van der Waals surface area contributed by atoms with E-state index in [4.69, 9.17) is 9.84 Å². The lowest BCUT2D eigenvalue weighted by molar-refractivity contribution is -0.0417. The van der Waals surface area contributed by atoms with Crippen molar-refractivity contribution in [1.29, 1.82) is 0 Å². The van der Waals surface area contributed by atoms with E-state index in [0.29, 0.717) is 24.9 Å². The van der Waals surface area contributed by atoms with Gasteiger partial charge in [0, 0.05) is 24.9 Å². The molecular formula is C12H25NO2S. The van der Waals surface area contributed by atoms with Gasteiger partial charge in [0.15, 0.2) is 0 Å². The summed E-state index contributed by atoms with van der Waals surface area (Å²) in [5, 5.41) is 12.2. The van der Waals surface area contributed by atoms with Crippen molar-refractivity contribution in [1.82, 2.24) is 5.32 Å². The van der Waals surface area contributed by atoms with Crippen LogP contribution in [0.25, 0.3) is 0 Å². The molecule has 0 saturated carbocycles. The smallest absolute Gasteiger partial charge is 0.0565 e. The number of aliphatic hydroxyl groups excluding tert-OH is 1. The molecule has 1 aliphatic rings. The predicted molar refractivity (Wildman–Crippen MR) is 70.1 cm³/mol. The Balaban J connectivity index is 1.99. The lowest BCUT2D eigenvalue weighted by Crippen LogP contribution is -2.42. The summed E-state index contributed by atoms with van der Waals surface area (Å²) in [6.45, 7) is 5.69. The third-order valence-corrected chi connectivity index (χ3v) is 3.89. The molecule has 2 N–H and O–H groups in total. The minimum Gasteiger partial charge on any atom is -0.396 e. The number of rotatable bonds is 7. The highest BCUT2D eigenvalue weighted by Crippen LogP contribution is 2.18. The van der Waals surface area contributed by atoms with E-state index in [1.807, 2.05) is 11.8 Å². The standard InChI is InChI=1S/C12H25NO2S/c1-10-8-12(9-11(2)15-10)13-4-7-16-6-3-5-14/h10-14H,3-9H2,1-2H3. The van der Waals surface area contributed by atoms with Gasteiger partial charge >= 0.3 is 0 Å². The molecule has 0 amide bonds. The topological polar surface area (TPSA) is 41.5 Å². The van der Waals surface area contributed by atoms with E-state index in [9.17, 15) is 0 Å². The Morgan fingerprint density at radius 3 is 2.56 bits per heavy atom. The second-order valence-corrected chi connectivity index (χ2v) is 5.79. The Kier molecular flexibility index (Phi) is 7.45. The van der Waals surface area contributed by atoms with Crippen LogP contribution in [0.15, 0.2) is 0 Å². The molecule has 16 heavy (non-hydrogen) atoms. The van der Waals surface area contributed by atoms with E-state index in [1.165, 1.54) is 0 Å². The average molecular weight is 247 g/mol. The SMILES string of the molecule is CC1CC(NCCSCCCO)CC(C)O1. The van der Waals surface area contributed by atoms with Crippen LogP contribution < -0.4 is 5.32 Å². The van der Waals surface area contributed by atoms with Crippen LogP contribution in [0.2, 0.25) is 0 Å². The first-order valence-electron chi connectivity index (χ1n) is 6.29. The highest BCUT2D eigenvalue weighted by atomic mass is 32.2. The molecule has 0 aliphatic carbocycles. The first kappa shape index (κ1) is 14.3. The van der Waals surface area contributed by atoms with Gasteiger partial charge in [-0.2, -0.15) is 11.8 Å². The fourth-order valence-corrected chi connectivity index (χ4v) is 2.98. The number of hydrogen-bond donors (Lipinski definition) is 2. The molecule has 0 bridgehead atoms. The van der Waals surface area contributed by atoms with Crippen LogP contribution in [0.4, 0.5) is 0 Å². The van der Waals surface area contributed by atoms with Crippen molar-refractivity contribution >= 4 is 11.8 Å². The fraction of sp³-hybridized carbons (Fsp3) is 1.00. The summed E-state index contributed by atoms with van der Waals surface area (Å²) in [5.41, 5.74) is 0. The zero-order chi connectivity index (χ0) is 11.8. The van der Waals surface area contributed by atoms with Gasteiger partial charge in [-0.15, -0.1) is 0 Å². The van der Waals surface area contributed by atoms with Gasteiger partial charge < -0.3 is 15.2 Å². The summed E-state index contributed by atoms with van der Waals surface area (Å²) in [7, 11) is 0. The molecule has 0 aromatic rings. The zero-order valence-corrected chi connectivity index (χ0v) is 11.3. The summed E-state index contributed by atoms with van der Waals surface area (Å²) in [5.74, 6) is 2.21. The fourth-order valence-electron chi connectivity index (χ4n) is 2.18. The van der Waals surface area contributed by atoms with E-state index in [0.717, 1.165) is 37.3 Å². The maximum Gasteiger partial charge on any atom is 0.0565 e. The molecule has 3 nitrogen and oxygen atoms in total. The van der Waals surface area contributed by atoms with Crippen molar-refractivity contribution in [3.8, 4) is 0 Å². The highest BCUT2D eigenvalue weighted by molar-refractivity contribution is 7.99. The largest absolute Gasteiger partial charge is 0.396 e. The molecule has 2 unspecified atom stereocenters. The first-order valence-corrected chi connectivity index (χ1v) is 7.45. The Morgan fingerprint density at radius 2 is 1.94 bits per heavy atom. The van der Waals surface area contributed by atoms with Crippen LogP contribution >= 0.6 is 11.8 Å².